The van der Waals surface area contributed by atoms with E-state index in [4.69, 9.17) is 4.74 Å². The number of methoxy groups -OCH3 is 1. The van der Waals surface area contributed by atoms with E-state index in [0.717, 1.165) is 17.7 Å². The molecular weight excluding hydrogens is 324 g/mol. The van der Waals surface area contributed by atoms with E-state index in [-0.39, 0.29) is 11.8 Å². The first-order chi connectivity index (χ1) is 11.7. The number of thiophene rings is 1. The van der Waals surface area contributed by atoms with Crippen LogP contribution in [0.15, 0.2) is 41.1 Å². The number of hydrogen-bond acceptors (Lipinski definition) is 4. The van der Waals surface area contributed by atoms with Gasteiger partial charge in [0.1, 0.15) is 5.75 Å². The molecule has 2 amide bonds. The van der Waals surface area contributed by atoms with Crippen molar-refractivity contribution in [1.82, 2.24) is 10.6 Å². The molecule has 0 saturated heterocycles. The lowest BCUT2D eigenvalue weighted by Crippen LogP contribution is -2.28. The average Bonchev–Trinajstić information content (AvgIpc) is 3.14. The molecule has 5 nitrogen and oxygen atoms in total. The highest BCUT2D eigenvalue weighted by molar-refractivity contribution is 7.08. The van der Waals surface area contributed by atoms with Crippen LogP contribution in [0, 0.1) is 0 Å². The van der Waals surface area contributed by atoms with Crippen molar-refractivity contribution in [3.63, 3.8) is 0 Å². The first kappa shape index (κ1) is 18.0. The van der Waals surface area contributed by atoms with Crippen molar-refractivity contribution in [3.8, 4) is 5.75 Å². The Bertz CT molecular complexity index is 639. The molecule has 0 aliphatic rings. The van der Waals surface area contributed by atoms with Gasteiger partial charge < -0.3 is 15.4 Å². The maximum absolute atomic E-state index is 11.8. The van der Waals surface area contributed by atoms with Crippen LogP contribution in [0.2, 0.25) is 0 Å². The quantitative estimate of drug-likeness (QED) is 0.686. The van der Waals surface area contributed by atoms with E-state index in [1.54, 1.807) is 18.6 Å². The molecule has 0 radical (unpaired) electrons. The summed E-state index contributed by atoms with van der Waals surface area (Å²) in [6.45, 7) is 1.10. The molecule has 0 bridgehead atoms. The second-order valence-electron chi connectivity index (χ2n) is 5.32. The highest BCUT2D eigenvalue weighted by Crippen LogP contribution is 2.11. The van der Waals surface area contributed by atoms with E-state index >= 15 is 0 Å². The Morgan fingerprint density at radius 3 is 2.54 bits per heavy atom. The Morgan fingerprint density at radius 2 is 1.88 bits per heavy atom. The van der Waals surface area contributed by atoms with Gasteiger partial charge in [0.05, 0.1) is 7.11 Å². The van der Waals surface area contributed by atoms with Crippen molar-refractivity contribution < 1.29 is 14.3 Å². The molecule has 2 aromatic rings. The third-order valence-electron chi connectivity index (χ3n) is 3.54. The van der Waals surface area contributed by atoms with Gasteiger partial charge in [0.15, 0.2) is 0 Å². The smallest absolute Gasteiger partial charge is 0.252 e. The van der Waals surface area contributed by atoms with Gasteiger partial charge in [-0.2, -0.15) is 11.3 Å². The summed E-state index contributed by atoms with van der Waals surface area (Å²) >= 11 is 1.49. The molecule has 1 aromatic carbocycles. The summed E-state index contributed by atoms with van der Waals surface area (Å²) in [5, 5.41) is 9.38. The van der Waals surface area contributed by atoms with Gasteiger partial charge in [0, 0.05) is 30.5 Å². The summed E-state index contributed by atoms with van der Waals surface area (Å²) in [4.78, 5) is 23.5. The van der Waals surface area contributed by atoms with E-state index in [1.807, 2.05) is 29.6 Å². The molecular formula is C18H22N2O3S. The van der Waals surface area contributed by atoms with Crippen LogP contribution in [0.1, 0.15) is 28.8 Å². The Morgan fingerprint density at radius 1 is 1.08 bits per heavy atom. The molecule has 1 heterocycles. The summed E-state index contributed by atoms with van der Waals surface area (Å²) in [7, 11) is 1.64. The van der Waals surface area contributed by atoms with Crippen LogP contribution in [0.3, 0.4) is 0 Å². The highest BCUT2D eigenvalue weighted by Gasteiger charge is 2.05. The van der Waals surface area contributed by atoms with Gasteiger partial charge in [0.25, 0.3) is 5.91 Å². The topological polar surface area (TPSA) is 67.4 Å². The number of ether oxygens (including phenoxy) is 1. The van der Waals surface area contributed by atoms with Crippen LogP contribution in [-0.2, 0) is 11.2 Å². The van der Waals surface area contributed by atoms with Crippen LogP contribution >= 0.6 is 11.3 Å². The Hall–Kier alpha value is -2.34. The molecule has 1 aromatic heterocycles. The number of nitrogens with one attached hydrogen (secondary N) is 2. The third kappa shape index (κ3) is 6.04. The number of hydrogen-bond donors (Lipinski definition) is 2. The molecule has 0 atom stereocenters. The summed E-state index contributed by atoms with van der Waals surface area (Å²) in [6.07, 6.45) is 1.82. The van der Waals surface area contributed by atoms with Crippen molar-refractivity contribution in [2.24, 2.45) is 0 Å². The molecule has 0 aliphatic carbocycles. The monoisotopic (exact) mass is 346 g/mol. The summed E-state index contributed by atoms with van der Waals surface area (Å²) < 4.78 is 5.11. The van der Waals surface area contributed by atoms with E-state index in [0.29, 0.717) is 31.5 Å². The van der Waals surface area contributed by atoms with Gasteiger partial charge in [-0.1, -0.05) is 12.1 Å². The number of amides is 2. The minimum Gasteiger partial charge on any atom is -0.497 e. The third-order valence-corrected chi connectivity index (χ3v) is 4.23. The summed E-state index contributed by atoms with van der Waals surface area (Å²) in [5.41, 5.74) is 1.82. The summed E-state index contributed by atoms with van der Waals surface area (Å²) in [5.74, 6) is 0.747. The molecule has 0 aliphatic heterocycles. The first-order valence-electron chi connectivity index (χ1n) is 7.89. The van der Waals surface area contributed by atoms with Crippen molar-refractivity contribution in [2.75, 3.05) is 20.2 Å². The average molecular weight is 346 g/mol. The van der Waals surface area contributed by atoms with Gasteiger partial charge in [-0.05, 0) is 42.0 Å². The van der Waals surface area contributed by atoms with Crippen LogP contribution in [-0.4, -0.2) is 32.0 Å². The lowest BCUT2D eigenvalue weighted by molar-refractivity contribution is -0.121. The minimum absolute atomic E-state index is 0.00768. The number of carbonyl (C=O) groups excluding carboxylic acids is 2. The lowest BCUT2D eigenvalue weighted by Gasteiger charge is -2.07. The SMILES string of the molecule is COc1ccc(CCNC(=O)CCCNC(=O)c2ccsc2)cc1. The van der Waals surface area contributed by atoms with Gasteiger partial charge in [0.2, 0.25) is 5.91 Å². The Balaban J connectivity index is 1.55. The van der Waals surface area contributed by atoms with E-state index in [1.165, 1.54) is 11.3 Å². The number of carbonyl (C=O) groups is 2. The Labute approximate surface area is 146 Å². The molecule has 2 rings (SSSR count). The highest BCUT2D eigenvalue weighted by atomic mass is 32.1. The molecule has 0 spiro atoms. The Kier molecular flexibility index (Phi) is 7.29. The molecule has 2 N–H and O–H groups in total. The van der Waals surface area contributed by atoms with Gasteiger partial charge in [-0.25, -0.2) is 0 Å². The zero-order valence-corrected chi connectivity index (χ0v) is 14.5. The number of rotatable bonds is 9. The number of benzene rings is 1. The molecule has 0 unspecified atom stereocenters. The van der Waals surface area contributed by atoms with Crippen LogP contribution in [0.5, 0.6) is 5.75 Å². The second-order valence-corrected chi connectivity index (χ2v) is 6.10. The predicted molar refractivity (Wildman–Crippen MR) is 95.6 cm³/mol. The van der Waals surface area contributed by atoms with Crippen molar-refractivity contribution in [3.05, 3.63) is 52.2 Å². The van der Waals surface area contributed by atoms with Crippen molar-refractivity contribution in [1.29, 1.82) is 0 Å². The zero-order chi connectivity index (χ0) is 17.2. The van der Waals surface area contributed by atoms with E-state index < -0.39 is 0 Å². The van der Waals surface area contributed by atoms with Gasteiger partial charge in [-0.3, -0.25) is 9.59 Å². The predicted octanol–water partition coefficient (Wildman–Crippen LogP) is 2.63. The van der Waals surface area contributed by atoms with E-state index in [2.05, 4.69) is 10.6 Å². The van der Waals surface area contributed by atoms with Crippen LogP contribution in [0.25, 0.3) is 0 Å². The normalized spacial score (nSPS) is 10.2. The second kappa shape index (κ2) is 9.72. The summed E-state index contributed by atoms with van der Waals surface area (Å²) in [6, 6.07) is 9.59. The van der Waals surface area contributed by atoms with Crippen molar-refractivity contribution >= 4 is 23.2 Å². The standard InChI is InChI=1S/C18H22N2O3S/c1-23-16-6-4-14(5-7-16)8-11-19-17(21)3-2-10-20-18(22)15-9-12-24-13-15/h4-7,9,12-13H,2-3,8,10-11H2,1H3,(H,19,21)(H,20,22). The van der Waals surface area contributed by atoms with Gasteiger partial charge in [-0.15, -0.1) is 0 Å². The fourth-order valence-corrected chi connectivity index (χ4v) is 2.81. The van der Waals surface area contributed by atoms with E-state index in [9.17, 15) is 9.59 Å². The van der Waals surface area contributed by atoms with Crippen LogP contribution in [0.4, 0.5) is 0 Å². The molecule has 24 heavy (non-hydrogen) atoms. The maximum Gasteiger partial charge on any atom is 0.252 e. The lowest BCUT2D eigenvalue weighted by atomic mass is 10.1. The molecule has 0 fully saturated rings. The fraction of sp³-hybridized carbons (Fsp3) is 0.333. The molecule has 0 saturated carbocycles. The van der Waals surface area contributed by atoms with Crippen molar-refractivity contribution in [2.45, 2.75) is 19.3 Å². The zero-order valence-electron chi connectivity index (χ0n) is 13.7. The fourth-order valence-electron chi connectivity index (χ4n) is 2.17. The first-order valence-corrected chi connectivity index (χ1v) is 8.83. The minimum atomic E-state index is -0.0869. The molecule has 6 heteroatoms. The molecule has 128 valence electrons. The van der Waals surface area contributed by atoms with Gasteiger partial charge >= 0.3 is 0 Å². The van der Waals surface area contributed by atoms with Crippen LogP contribution < -0.4 is 15.4 Å². The maximum atomic E-state index is 11.8. The largest absolute Gasteiger partial charge is 0.497 e.